The fourth-order valence-corrected chi connectivity index (χ4v) is 2.07. The van der Waals surface area contributed by atoms with Gasteiger partial charge in [-0.3, -0.25) is 0 Å². The van der Waals surface area contributed by atoms with Crippen molar-refractivity contribution in [3.8, 4) is 0 Å². The molecule has 1 aromatic carbocycles. The van der Waals surface area contributed by atoms with Gasteiger partial charge in [-0.1, -0.05) is 38.1 Å². The molecule has 0 bridgehead atoms. The lowest BCUT2D eigenvalue weighted by atomic mass is 10.1. The second-order valence-corrected chi connectivity index (χ2v) is 5.87. The highest BCUT2D eigenvalue weighted by Crippen LogP contribution is 2.09. The summed E-state index contributed by atoms with van der Waals surface area (Å²) in [5, 5.41) is 15.9. The van der Waals surface area contributed by atoms with Crippen molar-refractivity contribution >= 4 is 29.9 Å². The number of hydrogen-bond acceptors (Lipinski definition) is 3. The molecule has 0 unspecified atom stereocenters. The lowest BCUT2D eigenvalue weighted by molar-refractivity contribution is 0.108. The molecule has 0 atom stereocenters. The summed E-state index contributed by atoms with van der Waals surface area (Å²) >= 11 is 0. The third-order valence-electron chi connectivity index (χ3n) is 3.25. The zero-order valence-electron chi connectivity index (χ0n) is 15.0. The molecule has 138 valence electrons. The maximum absolute atomic E-state index is 9.36. The van der Waals surface area contributed by atoms with Gasteiger partial charge in [0.05, 0.1) is 13.2 Å². The van der Waals surface area contributed by atoms with E-state index >= 15 is 0 Å². The molecule has 0 aliphatic heterocycles. The van der Waals surface area contributed by atoms with Crippen molar-refractivity contribution in [1.82, 2.24) is 10.6 Å². The third kappa shape index (κ3) is 10.1. The van der Waals surface area contributed by atoms with Crippen molar-refractivity contribution in [2.75, 3.05) is 26.3 Å². The second-order valence-electron chi connectivity index (χ2n) is 5.87. The van der Waals surface area contributed by atoms with Gasteiger partial charge in [-0.15, -0.1) is 24.0 Å². The van der Waals surface area contributed by atoms with Gasteiger partial charge in [-0.25, -0.2) is 4.99 Å². The molecule has 24 heavy (non-hydrogen) atoms. The standard InChI is InChI=1S/C18H31N3O2.HI/c1-4-19-18(20-10-7-11-23-14-15(2)3)21-12-16-8-5-6-9-17(16)13-22;/h5-6,8-9,15,22H,4,7,10-14H2,1-3H3,(H2,19,20,21);1H. The van der Waals surface area contributed by atoms with Crippen molar-refractivity contribution in [3.05, 3.63) is 35.4 Å². The number of benzene rings is 1. The summed E-state index contributed by atoms with van der Waals surface area (Å²) in [7, 11) is 0. The Balaban J connectivity index is 0.00000529. The van der Waals surface area contributed by atoms with Crippen molar-refractivity contribution in [2.45, 2.75) is 40.3 Å². The maximum atomic E-state index is 9.36. The maximum Gasteiger partial charge on any atom is 0.191 e. The summed E-state index contributed by atoms with van der Waals surface area (Å²) in [4.78, 5) is 4.58. The Morgan fingerprint density at radius 3 is 2.54 bits per heavy atom. The molecular formula is C18H32IN3O2. The number of aliphatic hydroxyl groups excluding tert-OH is 1. The first-order valence-electron chi connectivity index (χ1n) is 8.45. The zero-order valence-corrected chi connectivity index (χ0v) is 17.4. The molecular weight excluding hydrogens is 417 g/mol. The number of aliphatic hydroxyl groups is 1. The summed E-state index contributed by atoms with van der Waals surface area (Å²) in [6.07, 6.45) is 0.949. The van der Waals surface area contributed by atoms with Gasteiger partial charge in [0.1, 0.15) is 0 Å². The van der Waals surface area contributed by atoms with Crippen LogP contribution >= 0.6 is 24.0 Å². The second kappa shape index (κ2) is 14.5. The summed E-state index contributed by atoms with van der Waals surface area (Å²) in [6, 6.07) is 7.82. The topological polar surface area (TPSA) is 65.9 Å². The normalized spacial score (nSPS) is 11.3. The minimum Gasteiger partial charge on any atom is -0.392 e. The van der Waals surface area contributed by atoms with Crippen LogP contribution in [0.4, 0.5) is 0 Å². The Morgan fingerprint density at radius 1 is 1.21 bits per heavy atom. The fraction of sp³-hybridized carbons (Fsp3) is 0.611. The molecule has 0 radical (unpaired) electrons. The number of rotatable bonds is 10. The average Bonchev–Trinajstić information content (AvgIpc) is 2.55. The Bertz CT molecular complexity index is 467. The smallest absolute Gasteiger partial charge is 0.191 e. The molecule has 0 heterocycles. The molecule has 1 rings (SSSR count). The predicted octanol–water partition coefficient (Wildman–Crippen LogP) is 2.91. The average molecular weight is 449 g/mol. The van der Waals surface area contributed by atoms with Crippen LogP contribution in [-0.2, 0) is 17.9 Å². The van der Waals surface area contributed by atoms with Crippen LogP contribution in [0.2, 0.25) is 0 Å². The lowest BCUT2D eigenvalue weighted by Gasteiger charge is -2.12. The van der Waals surface area contributed by atoms with E-state index in [0.29, 0.717) is 12.5 Å². The van der Waals surface area contributed by atoms with Gasteiger partial charge in [0, 0.05) is 26.3 Å². The van der Waals surface area contributed by atoms with E-state index in [1.807, 2.05) is 31.2 Å². The van der Waals surface area contributed by atoms with Gasteiger partial charge in [0.25, 0.3) is 0 Å². The Kier molecular flexibility index (Phi) is 14.0. The van der Waals surface area contributed by atoms with E-state index < -0.39 is 0 Å². The number of nitrogens with zero attached hydrogens (tertiary/aromatic N) is 1. The van der Waals surface area contributed by atoms with Crippen LogP contribution in [-0.4, -0.2) is 37.4 Å². The quantitative estimate of drug-likeness (QED) is 0.223. The number of nitrogens with one attached hydrogen (secondary N) is 2. The molecule has 0 aromatic heterocycles. The Morgan fingerprint density at radius 2 is 1.92 bits per heavy atom. The van der Waals surface area contributed by atoms with Crippen LogP contribution < -0.4 is 10.6 Å². The predicted molar refractivity (Wildman–Crippen MR) is 111 cm³/mol. The molecule has 0 aliphatic rings. The third-order valence-corrected chi connectivity index (χ3v) is 3.25. The lowest BCUT2D eigenvalue weighted by Crippen LogP contribution is -2.38. The summed E-state index contributed by atoms with van der Waals surface area (Å²) in [5.41, 5.74) is 1.97. The minimum atomic E-state index is 0. The van der Waals surface area contributed by atoms with Crippen LogP contribution in [0.3, 0.4) is 0 Å². The number of hydrogen-bond donors (Lipinski definition) is 3. The molecule has 0 saturated carbocycles. The monoisotopic (exact) mass is 449 g/mol. The van der Waals surface area contributed by atoms with Crippen molar-refractivity contribution in [3.63, 3.8) is 0 Å². The van der Waals surface area contributed by atoms with Gasteiger partial charge < -0.3 is 20.5 Å². The van der Waals surface area contributed by atoms with Crippen LogP contribution in [0.5, 0.6) is 0 Å². The van der Waals surface area contributed by atoms with Gasteiger partial charge in [-0.05, 0) is 30.4 Å². The molecule has 0 saturated heterocycles. The number of aliphatic imine (C=N–C) groups is 1. The van der Waals surface area contributed by atoms with E-state index in [0.717, 1.165) is 49.8 Å². The van der Waals surface area contributed by atoms with Crippen LogP contribution in [0.15, 0.2) is 29.3 Å². The highest BCUT2D eigenvalue weighted by Gasteiger charge is 2.01. The van der Waals surface area contributed by atoms with Crippen molar-refractivity contribution in [1.29, 1.82) is 0 Å². The number of halogens is 1. The van der Waals surface area contributed by atoms with E-state index in [-0.39, 0.29) is 30.6 Å². The van der Waals surface area contributed by atoms with Gasteiger partial charge in [0.15, 0.2) is 5.96 Å². The molecule has 0 spiro atoms. The van der Waals surface area contributed by atoms with Gasteiger partial charge >= 0.3 is 0 Å². The SMILES string of the molecule is CCNC(=NCc1ccccc1CO)NCCCOCC(C)C.I. The summed E-state index contributed by atoms with van der Waals surface area (Å²) in [5.74, 6) is 1.37. The Hall–Kier alpha value is -0.860. The highest BCUT2D eigenvalue weighted by molar-refractivity contribution is 14.0. The number of ether oxygens (including phenoxy) is 1. The molecule has 3 N–H and O–H groups in total. The van der Waals surface area contributed by atoms with Gasteiger partial charge in [-0.2, -0.15) is 0 Å². The Labute approximate surface area is 163 Å². The summed E-state index contributed by atoms with van der Waals surface area (Å²) in [6.45, 7) is 10.2. The molecule has 1 aromatic rings. The van der Waals surface area contributed by atoms with Crippen molar-refractivity contribution < 1.29 is 9.84 Å². The fourth-order valence-electron chi connectivity index (χ4n) is 2.07. The highest BCUT2D eigenvalue weighted by atomic mass is 127. The van der Waals surface area contributed by atoms with E-state index in [9.17, 15) is 5.11 Å². The first-order valence-corrected chi connectivity index (χ1v) is 8.45. The largest absolute Gasteiger partial charge is 0.392 e. The summed E-state index contributed by atoms with van der Waals surface area (Å²) < 4.78 is 5.57. The molecule has 6 heteroatoms. The minimum absolute atomic E-state index is 0. The van der Waals surface area contributed by atoms with E-state index in [4.69, 9.17) is 4.74 Å². The molecule has 0 aliphatic carbocycles. The van der Waals surface area contributed by atoms with Crippen molar-refractivity contribution in [2.24, 2.45) is 10.9 Å². The van der Waals surface area contributed by atoms with E-state index in [1.165, 1.54) is 0 Å². The zero-order chi connectivity index (χ0) is 16.9. The van der Waals surface area contributed by atoms with Crippen LogP contribution in [0.1, 0.15) is 38.3 Å². The van der Waals surface area contributed by atoms with E-state index in [1.54, 1.807) is 0 Å². The van der Waals surface area contributed by atoms with Crippen LogP contribution in [0.25, 0.3) is 0 Å². The van der Waals surface area contributed by atoms with Gasteiger partial charge in [0.2, 0.25) is 0 Å². The van der Waals surface area contributed by atoms with Crippen LogP contribution in [0, 0.1) is 5.92 Å². The molecule has 0 amide bonds. The molecule has 5 nitrogen and oxygen atoms in total. The first kappa shape index (κ1) is 23.1. The molecule has 0 fully saturated rings. The first-order chi connectivity index (χ1) is 11.2. The number of guanidine groups is 1. The van der Waals surface area contributed by atoms with E-state index in [2.05, 4.69) is 29.5 Å².